The van der Waals surface area contributed by atoms with Crippen LogP contribution in [0.4, 0.5) is 17.3 Å². The van der Waals surface area contributed by atoms with E-state index in [9.17, 15) is 23.6 Å². The molecule has 1 unspecified atom stereocenters. The van der Waals surface area contributed by atoms with Gasteiger partial charge in [0.15, 0.2) is 11.6 Å². The second-order valence-electron chi connectivity index (χ2n) is 7.07. The van der Waals surface area contributed by atoms with Crippen molar-refractivity contribution in [1.82, 2.24) is 9.97 Å². The van der Waals surface area contributed by atoms with Gasteiger partial charge in [-0.3, -0.25) is 14.8 Å². The Labute approximate surface area is 189 Å². The number of hydrogen-bond donors (Lipinski definition) is 3. The molecule has 0 amide bonds. The summed E-state index contributed by atoms with van der Waals surface area (Å²) in [5.74, 6) is 0.114. The quantitative estimate of drug-likeness (QED) is 0.265. The molecular formula is C22H19N5O5S. The van der Waals surface area contributed by atoms with Crippen LogP contribution in [0.3, 0.4) is 0 Å². The van der Waals surface area contributed by atoms with Gasteiger partial charge in [-0.05, 0) is 42.0 Å². The number of non-ortho nitro benzene ring substituents is 1. The van der Waals surface area contributed by atoms with Crippen molar-refractivity contribution in [2.45, 2.75) is 11.0 Å². The number of aliphatic hydroxyl groups excluding tert-OH is 1. The summed E-state index contributed by atoms with van der Waals surface area (Å²) in [6.07, 6.45) is -1.03. The summed E-state index contributed by atoms with van der Waals surface area (Å²) in [5.41, 5.74) is 1.39. The molecule has 1 heterocycles. The van der Waals surface area contributed by atoms with Crippen LogP contribution in [-0.2, 0) is 10.0 Å². The Morgan fingerprint density at radius 1 is 0.879 bits per heavy atom. The van der Waals surface area contributed by atoms with Crippen LogP contribution in [0.15, 0.2) is 83.8 Å². The smallest absolute Gasteiger partial charge is 0.269 e. The highest BCUT2D eigenvalue weighted by atomic mass is 32.2. The predicted molar refractivity (Wildman–Crippen MR) is 123 cm³/mol. The SMILES string of the molecule is O=[N+]([O-])c1ccc(C(O)CNc2nc3ccccc3nc2NS(=O)(=O)c2ccccc2)cc1. The third kappa shape index (κ3) is 5.05. The van der Waals surface area contributed by atoms with Crippen molar-refractivity contribution in [3.05, 3.63) is 94.5 Å². The van der Waals surface area contributed by atoms with Gasteiger partial charge in [0.2, 0.25) is 0 Å². The van der Waals surface area contributed by atoms with E-state index < -0.39 is 21.1 Å². The van der Waals surface area contributed by atoms with Crippen LogP contribution in [0.2, 0.25) is 0 Å². The summed E-state index contributed by atoms with van der Waals surface area (Å²) in [6, 6.07) is 20.3. The number of anilines is 2. The summed E-state index contributed by atoms with van der Waals surface area (Å²) in [4.78, 5) is 19.2. The molecule has 4 aromatic rings. The molecule has 168 valence electrons. The van der Waals surface area contributed by atoms with Gasteiger partial charge in [0.05, 0.1) is 27.0 Å². The van der Waals surface area contributed by atoms with Gasteiger partial charge >= 0.3 is 0 Å². The van der Waals surface area contributed by atoms with Gasteiger partial charge in [0.1, 0.15) is 0 Å². The van der Waals surface area contributed by atoms with Crippen LogP contribution in [0, 0.1) is 10.1 Å². The highest BCUT2D eigenvalue weighted by molar-refractivity contribution is 7.92. The van der Waals surface area contributed by atoms with E-state index in [-0.39, 0.29) is 28.8 Å². The van der Waals surface area contributed by atoms with Gasteiger partial charge in [-0.25, -0.2) is 18.4 Å². The van der Waals surface area contributed by atoms with E-state index in [2.05, 4.69) is 20.0 Å². The summed E-state index contributed by atoms with van der Waals surface area (Å²) in [6.45, 7) is -0.0368. The first-order chi connectivity index (χ1) is 15.8. The number of nitro groups is 1. The number of aromatic nitrogens is 2. The van der Waals surface area contributed by atoms with E-state index in [1.54, 1.807) is 42.5 Å². The van der Waals surface area contributed by atoms with Crippen molar-refractivity contribution in [1.29, 1.82) is 0 Å². The van der Waals surface area contributed by atoms with Crippen LogP contribution >= 0.6 is 0 Å². The van der Waals surface area contributed by atoms with Crippen LogP contribution in [-0.4, -0.2) is 35.0 Å². The number of nitrogens with zero attached hydrogens (tertiary/aromatic N) is 3. The number of fused-ring (bicyclic) bond motifs is 1. The van der Waals surface area contributed by atoms with Gasteiger partial charge in [-0.15, -0.1) is 0 Å². The largest absolute Gasteiger partial charge is 0.387 e. The molecule has 0 aliphatic heterocycles. The van der Waals surface area contributed by atoms with Gasteiger partial charge in [-0.1, -0.05) is 30.3 Å². The molecule has 33 heavy (non-hydrogen) atoms. The molecule has 4 rings (SSSR count). The minimum atomic E-state index is -3.93. The summed E-state index contributed by atoms with van der Waals surface area (Å²) >= 11 is 0. The normalized spacial score (nSPS) is 12.3. The number of aliphatic hydroxyl groups is 1. The minimum Gasteiger partial charge on any atom is -0.387 e. The monoisotopic (exact) mass is 465 g/mol. The van der Waals surface area contributed by atoms with Crippen LogP contribution in [0.1, 0.15) is 11.7 Å². The van der Waals surface area contributed by atoms with E-state index in [4.69, 9.17) is 0 Å². The third-order valence-corrected chi connectivity index (χ3v) is 6.16. The lowest BCUT2D eigenvalue weighted by molar-refractivity contribution is -0.384. The van der Waals surface area contributed by atoms with Crippen LogP contribution in [0.25, 0.3) is 11.0 Å². The molecule has 0 saturated carbocycles. The summed E-state index contributed by atoms with van der Waals surface area (Å²) in [5, 5.41) is 24.3. The van der Waals surface area contributed by atoms with Crippen molar-refractivity contribution in [2.24, 2.45) is 0 Å². The number of sulfonamides is 1. The Morgan fingerprint density at radius 3 is 2.06 bits per heavy atom. The van der Waals surface area contributed by atoms with Gasteiger partial charge < -0.3 is 10.4 Å². The van der Waals surface area contributed by atoms with Gasteiger partial charge in [-0.2, -0.15) is 0 Å². The zero-order valence-corrected chi connectivity index (χ0v) is 17.9. The maximum absolute atomic E-state index is 12.8. The van der Waals surface area contributed by atoms with E-state index in [1.807, 2.05) is 0 Å². The highest BCUT2D eigenvalue weighted by Crippen LogP contribution is 2.25. The van der Waals surface area contributed by atoms with Crippen LogP contribution < -0.4 is 10.0 Å². The van der Waals surface area contributed by atoms with Crippen molar-refractivity contribution in [3.63, 3.8) is 0 Å². The summed E-state index contributed by atoms with van der Waals surface area (Å²) < 4.78 is 28.1. The fraction of sp³-hybridized carbons (Fsp3) is 0.0909. The molecule has 1 atom stereocenters. The molecule has 0 bridgehead atoms. The predicted octanol–water partition coefficient (Wildman–Crippen LogP) is 3.48. The first-order valence-electron chi connectivity index (χ1n) is 9.84. The van der Waals surface area contributed by atoms with E-state index in [0.717, 1.165) is 0 Å². The van der Waals surface area contributed by atoms with Gasteiger partial charge in [0, 0.05) is 18.7 Å². The third-order valence-electron chi connectivity index (χ3n) is 4.81. The fourth-order valence-corrected chi connectivity index (χ4v) is 4.14. The average Bonchev–Trinajstić information content (AvgIpc) is 2.83. The Balaban J connectivity index is 1.61. The molecule has 3 N–H and O–H groups in total. The fourth-order valence-electron chi connectivity index (χ4n) is 3.11. The molecule has 1 aromatic heterocycles. The highest BCUT2D eigenvalue weighted by Gasteiger charge is 2.19. The number of nitro benzene ring substituents is 1. The second-order valence-corrected chi connectivity index (χ2v) is 8.76. The molecule has 10 nitrogen and oxygen atoms in total. The van der Waals surface area contributed by atoms with Crippen LogP contribution in [0.5, 0.6) is 0 Å². The Hall–Kier alpha value is -4.09. The molecular weight excluding hydrogens is 446 g/mol. The number of hydrogen-bond acceptors (Lipinski definition) is 8. The number of benzene rings is 3. The first kappa shape index (κ1) is 22.1. The minimum absolute atomic E-state index is 0.0200. The number of nitrogens with one attached hydrogen (secondary N) is 2. The van der Waals surface area contributed by atoms with Crippen molar-refractivity contribution in [3.8, 4) is 0 Å². The zero-order chi connectivity index (χ0) is 23.4. The molecule has 0 aliphatic carbocycles. The average molecular weight is 465 g/mol. The van der Waals surface area contributed by atoms with E-state index >= 15 is 0 Å². The lowest BCUT2D eigenvalue weighted by Crippen LogP contribution is -2.18. The maximum atomic E-state index is 12.8. The first-order valence-corrected chi connectivity index (χ1v) is 11.3. The zero-order valence-electron chi connectivity index (χ0n) is 17.1. The molecule has 11 heteroatoms. The molecule has 0 aliphatic rings. The maximum Gasteiger partial charge on any atom is 0.269 e. The topological polar surface area (TPSA) is 147 Å². The number of rotatable bonds is 8. The molecule has 0 fully saturated rings. The molecule has 0 radical (unpaired) electrons. The van der Waals surface area contributed by atoms with Gasteiger partial charge in [0.25, 0.3) is 15.7 Å². The molecule has 3 aromatic carbocycles. The van der Waals surface area contributed by atoms with E-state index in [1.165, 1.54) is 36.4 Å². The Bertz CT molecular complexity index is 1400. The molecule has 0 saturated heterocycles. The van der Waals surface area contributed by atoms with Crippen molar-refractivity contribution < 1.29 is 18.4 Å². The van der Waals surface area contributed by atoms with Crippen molar-refractivity contribution in [2.75, 3.05) is 16.6 Å². The molecule has 0 spiro atoms. The Morgan fingerprint density at radius 2 is 1.45 bits per heavy atom. The standard InChI is InChI=1S/C22H19N5O5S/c28-20(15-10-12-16(13-11-15)27(29)30)14-23-21-22(25-19-9-5-4-8-18(19)24-21)26-33(31,32)17-6-2-1-3-7-17/h1-13,20,28H,14H2,(H,23,24)(H,25,26). The number of para-hydroxylation sites is 2. The lowest BCUT2D eigenvalue weighted by atomic mass is 10.1. The Kier molecular flexibility index (Phi) is 6.16. The summed E-state index contributed by atoms with van der Waals surface area (Å²) in [7, 11) is -3.93. The second kappa shape index (κ2) is 9.18. The van der Waals surface area contributed by atoms with Crippen molar-refractivity contribution >= 4 is 38.4 Å². The van der Waals surface area contributed by atoms with E-state index in [0.29, 0.717) is 16.6 Å². The lowest BCUT2D eigenvalue weighted by Gasteiger charge is -2.16.